The van der Waals surface area contributed by atoms with Crippen molar-refractivity contribution >= 4 is 23.4 Å². The first kappa shape index (κ1) is 22.6. The Bertz CT molecular complexity index is 856. The molecule has 0 aliphatic rings. The highest BCUT2D eigenvalue weighted by molar-refractivity contribution is 6.31. The summed E-state index contributed by atoms with van der Waals surface area (Å²) in [6.07, 6.45) is 0. The highest BCUT2D eigenvalue weighted by atomic mass is 35.5. The summed E-state index contributed by atoms with van der Waals surface area (Å²) in [5.41, 5.74) is 1.72. The molecule has 0 saturated carbocycles. The molecule has 0 aromatic heterocycles. The Morgan fingerprint density at radius 2 is 1.93 bits per heavy atom. The number of hydrogen-bond acceptors (Lipinski definition) is 4. The summed E-state index contributed by atoms with van der Waals surface area (Å²) in [6, 6.07) is 12.0. The highest BCUT2D eigenvalue weighted by Crippen LogP contribution is 2.21. The van der Waals surface area contributed by atoms with Gasteiger partial charge in [-0.15, -0.1) is 0 Å². The third-order valence-corrected chi connectivity index (χ3v) is 4.92. The van der Waals surface area contributed by atoms with Gasteiger partial charge in [-0.1, -0.05) is 23.7 Å². The predicted molar refractivity (Wildman–Crippen MR) is 113 cm³/mol. The van der Waals surface area contributed by atoms with E-state index in [1.807, 2.05) is 38.1 Å². The molecule has 2 rings (SSSR count). The van der Waals surface area contributed by atoms with Crippen LogP contribution in [-0.2, 0) is 16.1 Å². The first-order valence-corrected chi connectivity index (χ1v) is 9.82. The molecule has 1 atom stereocenters. The van der Waals surface area contributed by atoms with Gasteiger partial charge in [0.2, 0.25) is 5.91 Å². The Morgan fingerprint density at radius 3 is 2.59 bits per heavy atom. The molecule has 0 aliphatic carbocycles. The number of nitrogens with one attached hydrogen (secondary N) is 1. The van der Waals surface area contributed by atoms with E-state index in [9.17, 15) is 9.59 Å². The molecule has 0 spiro atoms. The molecule has 156 valence electrons. The average molecular weight is 419 g/mol. The number of methoxy groups -OCH3 is 1. The maximum Gasteiger partial charge on any atom is 0.261 e. The monoisotopic (exact) mass is 418 g/mol. The van der Waals surface area contributed by atoms with Crippen LogP contribution >= 0.6 is 11.6 Å². The van der Waals surface area contributed by atoms with E-state index in [0.29, 0.717) is 23.1 Å². The molecule has 0 heterocycles. The second-order valence-electron chi connectivity index (χ2n) is 6.64. The lowest BCUT2D eigenvalue weighted by molar-refractivity contribution is -0.142. The fourth-order valence-corrected chi connectivity index (χ4v) is 2.92. The summed E-state index contributed by atoms with van der Waals surface area (Å²) in [5.74, 6) is 0.728. The minimum atomic E-state index is -0.649. The highest BCUT2D eigenvalue weighted by Gasteiger charge is 2.26. The number of likely N-dealkylation sites (N-methyl/N-ethyl adjacent to an activating group) is 1. The molecule has 0 aliphatic heterocycles. The summed E-state index contributed by atoms with van der Waals surface area (Å²) in [7, 11) is 1.58. The van der Waals surface area contributed by atoms with Gasteiger partial charge in [0, 0.05) is 18.1 Å². The van der Waals surface area contributed by atoms with Crippen LogP contribution in [-0.4, -0.2) is 43.0 Å². The number of carbonyl (C=O) groups excluding carboxylic acids is 2. The van der Waals surface area contributed by atoms with Crippen molar-refractivity contribution in [2.24, 2.45) is 0 Å². The molecule has 0 fully saturated rings. The van der Waals surface area contributed by atoms with E-state index >= 15 is 0 Å². The number of nitrogens with zero attached hydrogens (tertiary/aromatic N) is 1. The molecule has 1 unspecified atom stereocenters. The first-order chi connectivity index (χ1) is 13.8. The molecular formula is C22H27ClN2O4. The Morgan fingerprint density at radius 1 is 1.17 bits per heavy atom. The van der Waals surface area contributed by atoms with Crippen LogP contribution in [0.5, 0.6) is 11.5 Å². The standard InChI is InChI=1S/C22H27ClN2O4/c1-5-24-22(27)16(3)25(13-17-7-6-8-18(12-17)28-4)21(26)14-29-19-9-10-20(23)15(2)11-19/h6-12,16H,5,13-14H2,1-4H3,(H,24,27). The van der Waals surface area contributed by atoms with Crippen molar-refractivity contribution in [1.29, 1.82) is 0 Å². The molecule has 29 heavy (non-hydrogen) atoms. The van der Waals surface area contributed by atoms with Crippen molar-refractivity contribution in [2.45, 2.75) is 33.4 Å². The molecule has 0 saturated heterocycles. The summed E-state index contributed by atoms with van der Waals surface area (Å²) < 4.78 is 10.9. The maximum atomic E-state index is 12.9. The third-order valence-electron chi connectivity index (χ3n) is 4.50. The number of ether oxygens (including phenoxy) is 2. The van der Waals surface area contributed by atoms with Crippen LogP contribution in [0.4, 0.5) is 0 Å². The number of amides is 2. The molecule has 0 radical (unpaired) electrons. The van der Waals surface area contributed by atoms with Crippen molar-refractivity contribution in [3.8, 4) is 11.5 Å². The largest absolute Gasteiger partial charge is 0.497 e. The van der Waals surface area contributed by atoms with Crippen molar-refractivity contribution in [3.05, 3.63) is 58.6 Å². The van der Waals surface area contributed by atoms with Gasteiger partial charge in [-0.2, -0.15) is 0 Å². The van der Waals surface area contributed by atoms with Crippen molar-refractivity contribution in [3.63, 3.8) is 0 Å². The van der Waals surface area contributed by atoms with Gasteiger partial charge in [0.15, 0.2) is 6.61 Å². The lowest BCUT2D eigenvalue weighted by Gasteiger charge is -2.28. The smallest absolute Gasteiger partial charge is 0.261 e. The van der Waals surface area contributed by atoms with E-state index < -0.39 is 6.04 Å². The minimum Gasteiger partial charge on any atom is -0.497 e. The van der Waals surface area contributed by atoms with Crippen molar-refractivity contribution in [1.82, 2.24) is 10.2 Å². The zero-order chi connectivity index (χ0) is 21.4. The quantitative estimate of drug-likeness (QED) is 0.675. The van der Waals surface area contributed by atoms with Crippen LogP contribution in [0.2, 0.25) is 5.02 Å². The van der Waals surface area contributed by atoms with Crippen LogP contribution in [0.3, 0.4) is 0 Å². The van der Waals surface area contributed by atoms with Crippen LogP contribution in [0, 0.1) is 6.92 Å². The van der Waals surface area contributed by atoms with E-state index in [2.05, 4.69) is 5.32 Å². The Balaban J connectivity index is 2.16. The summed E-state index contributed by atoms with van der Waals surface area (Å²) in [5, 5.41) is 3.40. The Labute approximate surface area is 176 Å². The second-order valence-corrected chi connectivity index (χ2v) is 7.05. The van der Waals surface area contributed by atoms with Crippen molar-refractivity contribution in [2.75, 3.05) is 20.3 Å². The van der Waals surface area contributed by atoms with E-state index in [4.69, 9.17) is 21.1 Å². The molecule has 6 nitrogen and oxygen atoms in total. The van der Waals surface area contributed by atoms with Crippen molar-refractivity contribution < 1.29 is 19.1 Å². The number of hydrogen-bond donors (Lipinski definition) is 1. The average Bonchev–Trinajstić information content (AvgIpc) is 2.72. The van der Waals surface area contributed by atoms with Gasteiger partial charge in [0.05, 0.1) is 7.11 Å². The van der Waals surface area contributed by atoms with Gasteiger partial charge in [0.1, 0.15) is 17.5 Å². The topological polar surface area (TPSA) is 67.9 Å². The zero-order valence-corrected chi connectivity index (χ0v) is 18.0. The number of benzene rings is 2. The summed E-state index contributed by atoms with van der Waals surface area (Å²) in [6.45, 7) is 5.97. The summed E-state index contributed by atoms with van der Waals surface area (Å²) in [4.78, 5) is 26.8. The van der Waals surface area contributed by atoms with Gasteiger partial charge in [0.25, 0.3) is 5.91 Å². The van der Waals surface area contributed by atoms with E-state index in [1.165, 1.54) is 4.90 Å². The van der Waals surface area contributed by atoms with Gasteiger partial charge < -0.3 is 19.7 Å². The number of halogens is 1. The fourth-order valence-electron chi connectivity index (χ4n) is 2.81. The number of aryl methyl sites for hydroxylation is 1. The molecule has 1 N–H and O–H groups in total. The third kappa shape index (κ3) is 6.39. The number of rotatable bonds is 9. The Kier molecular flexibility index (Phi) is 8.34. The van der Waals surface area contributed by atoms with Crippen LogP contribution in [0.15, 0.2) is 42.5 Å². The lowest BCUT2D eigenvalue weighted by atomic mass is 10.1. The van der Waals surface area contributed by atoms with E-state index in [1.54, 1.807) is 32.2 Å². The van der Waals surface area contributed by atoms with Crippen LogP contribution in [0.1, 0.15) is 25.0 Å². The molecule has 7 heteroatoms. The molecule has 2 aromatic rings. The fraction of sp³-hybridized carbons (Fsp3) is 0.364. The van der Waals surface area contributed by atoms with Crippen LogP contribution < -0.4 is 14.8 Å². The van der Waals surface area contributed by atoms with E-state index in [-0.39, 0.29) is 25.0 Å². The number of carbonyl (C=O) groups is 2. The zero-order valence-electron chi connectivity index (χ0n) is 17.2. The molecule has 2 amide bonds. The molecule has 0 bridgehead atoms. The minimum absolute atomic E-state index is 0.186. The predicted octanol–water partition coefficient (Wildman–Crippen LogP) is 3.59. The normalized spacial score (nSPS) is 11.5. The van der Waals surface area contributed by atoms with E-state index in [0.717, 1.165) is 11.1 Å². The first-order valence-electron chi connectivity index (χ1n) is 9.44. The van der Waals surface area contributed by atoms with Gasteiger partial charge in [-0.05, 0) is 62.2 Å². The second kappa shape index (κ2) is 10.7. The van der Waals surface area contributed by atoms with Gasteiger partial charge in [-0.25, -0.2) is 0 Å². The SMILES string of the molecule is CCNC(=O)C(C)N(Cc1cccc(OC)c1)C(=O)COc1ccc(Cl)c(C)c1. The molecule has 2 aromatic carbocycles. The molecular weight excluding hydrogens is 392 g/mol. The Hall–Kier alpha value is -2.73. The van der Waals surface area contributed by atoms with Crippen LogP contribution in [0.25, 0.3) is 0 Å². The summed E-state index contributed by atoms with van der Waals surface area (Å²) >= 11 is 6.03. The lowest BCUT2D eigenvalue weighted by Crippen LogP contribution is -2.49. The van der Waals surface area contributed by atoms with Gasteiger partial charge >= 0.3 is 0 Å². The maximum absolute atomic E-state index is 12.9. The van der Waals surface area contributed by atoms with Gasteiger partial charge in [-0.3, -0.25) is 9.59 Å².